The van der Waals surface area contributed by atoms with Crippen LogP contribution in [0.25, 0.3) is 0 Å². The lowest BCUT2D eigenvalue weighted by Crippen LogP contribution is -2.52. The second-order valence-corrected chi connectivity index (χ2v) is 6.26. The summed E-state index contributed by atoms with van der Waals surface area (Å²) < 4.78 is 0. The Morgan fingerprint density at radius 2 is 2.30 bits per heavy atom. The summed E-state index contributed by atoms with van der Waals surface area (Å²) in [4.78, 5) is 28.8. The van der Waals surface area contributed by atoms with Crippen LogP contribution in [-0.2, 0) is 11.3 Å². The van der Waals surface area contributed by atoms with Crippen LogP contribution < -0.4 is 5.32 Å². The van der Waals surface area contributed by atoms with E-state index in [0.717, 1.165) is 12.8 Å². The summed E-state index contributed by atoms with van der Waals surface area (Å²) in [5, 5.41) is 16.0. The van der Waals surface area contributed by atoms with E-state index < -0.39 is 6.04 Å². The number of amides is 2. The van der Waals surface area contributed by atoms with E-state index in [1.165, 1.54) is 22.5 Å². The zero-order valence-electron chi connectivity index (χ0n) is 12.6. The molecule has 9 heteroatoms. The van der Waals surface area contributed by atoms with Crippen molar-refractivity contribution < 1.29 is 9.59 Å². The Hall–Kier alpha value is -2.29. The summed E-state index contributed by atoms with van der Waals surface area (Å²) in [7, 11) is 0. The van der Waals surface area contributed by atoms with Gasteiger partial charge in [0.25, 0.3) is 5.91 Å². The van der Waals surface area contributed by atoms with Crippen molar-refractivity contribution in [3.05, 3.63) is 28.7 Å². The highest BCUT2D eigenvalue weighted by Gasteiger charge is 2.32. The molecule has 0 radical (unpaired) electrons. The Balaban J connectivity index is 1.59. The van der Waals surface area contributed by atoms with Crippen LogP contribution in [0.1, 0.15) is 28.9 Å². The number of nitrogens with zero attached hydrogens (tertiary/aromatic N) is 5. The quantitative estimate of drug-likeness (QED) is 0.862. The molecule has 2 aromatic heterocycles. The molecule has 8 nitrogen and oxygen atoms in total. The van der Waals surface area contributed by atoms with Crippen LogP contribution in [0.15, 0.2) is 23.8 Å². The van der Waals surface area contributed by atoms with Crippen LogP contribution in [0, 0.1) is 0 Å². The molecule has 0 aliphatic carbocycles. The molecule has 0 bridgehead atoms. The molecule has 122 valence electrons. The summed E-state index contributed by atoms with van der Waals surface area (Å²) in [5.74, 6) is -0.174. The first-order valence-corrected chi connectivity index (χ1v) is 8.46. The first kappa shape index (κ1) is 15.6. The van der Waals surface area contributed by atoms with E-state index in [1.54, 1.807) is 11.0 Å². The third kappa shape index (κ3) is 3.73. The molecule has 0 spiro atoms. The van der Waals surface area contributed by atoms with Gasteiger partial charge in [-0.25, -0.2) is 0 Å². The Morgan fingerprint density at radius 1 is 1.39 bits per heavy atom. The molecule has 1 N–H and O–H groups in total. The maximum atomic E-state index is 12.6. The number of carbonyl (C=O) groups is 2. The molecule has 0 saturated carbocycles. The van der Waals surface area contributed by atoms with Crippen molar-refractivity contribution >= 4 is 23.2 Å². The number of hydrogen-bond acceptors (Lipinski definition) is 6. The van der Waals surface area contributed by atoms with Crippen LogP contribution in [0.4, 0.5) is 0 Å². The van der Waals surface area contributed by atoms with Gasteiger partial charge in [0.05, 0.1) is 11.4 Å². The fourth-order valence-corrected chi connectivity index (χ4v) is 3.36. The Morgan fingerprint density at radius 3 is 3.04 bits per heavy atom. The number of hydrogen-bond donors (Lipinski definition) is 1. The predicted octanol–water partition coefficient (Wildman–Crippen LogP) is 0.546. The fourth-order valence-electron chi connectivity index (χ4n) is 2.68. The molecule has 3 rings (SSSR count). The molecule has 1 unspecified atom stereocenters. The lowest BCUT2D eigenvalue weighted by molar-refractivity contribution is -0.126. The lowest BCUT2D eigenvalue weighted by Gasteiger charge is -2.34. The number of thiophene rings is 1. The second-order valence-electron chi connectivity index (χ2n) is 5.31. The summed E-state index contributed by atoms with van der Waals surface area (Å²) in [5.41, 5.74) is 0. The van der Waals surface area contributed by atoms with Gasteiger partial charge in [0.1, 0.15) is 6.04 Å². The van der Waals surface area contributed by atoms with Crippen LogP contribution in [0.3, 0.4) is 0 Å². The Kier molecular flexibility index (Phi) is 4.96. The average molecular weight is 334 g/mol. The zero-order chi connectivity index (χ0) is 16.1. The molecule has 0 aromatic carbocycles. The molecular formula is C14H18N6O2S. The summed E-state index contributed by atoms with van der Waals surface area (Å²) in [6.45, 7) is 1.49. The maximum Gasteiger partial charge on any atom is 0.264 e. The third-order valence-corrected chi connectivity index (χ3v) is 4.66. The van der Waals surface area contributed by atoms with E-state index in [4.69, 9.17) is 0 Å². The van der Waals surface area contributed by atoms with Gasteiger partial charge in [-0.05, 0) is 35.9 Å². The number of likely N-dealkylation sites (tertiary alicyclic amines) is 1. The Bertz CT molecular complexity index is 642. The average Bonchev–Trinajstić information content (AvgIpc) is 3.27. The molecule has 2 amide bonds. The highest BCUT2D eigenvalue weighted by Crippen LogP contribution is 2.21. The minimum Gasteiger partial charge on any atom is -0.352 e. The van der Waals surface area contributed by atoms with E-state index in [-0.39, 0.29) is 11.8 Å². The van der Waals surface area contributed by atoms with Crippen molar-refractivity contribution in [3.63, 3.8) is 0 Å². The molecule has 1 atom stereocenters. The van der Waals surface area contributed by atoms with Gasteiger partial charge in [0.15, 0.2) is 6.33 Å². The van der Waals surface area contributed by atoms with E-state index >= 15 is 0 Å². The van der Waals surface area contributed by atoms with Crippen LogP contribution in [0.2, 0.25) is 0 Å². The van der Waals surface area contributed by atoms with Gasteiger partial charge in [-0.1, -0.05) is 6.07 Å². The third-order valence-electron chi connectivity index (χ3n) is 3.80. The number of tetrazole rings is 1. The number of nitrogens with one attached hydrogen (secondary N) is 1. The molecule has 2 aromatic rings. The highest BCUT2D eigenvalue weighted by molar-refractivity contribution is 7.12. The highest BCUT2D eigenvalue weighted by atomic mass is 32.1. The van der Waals surface area contributed by atoms with Crippen LogP contribution in [-0.4, -0.2) is 56.1 Å². The molecule has 23 heavy (non-hydrogen) atoms. The summed E-state index contributed by atoms with van der Waals surface area (Å²) in [6, 6.07) is 3.25. The second kappa shape index (κ2) is 7.32. The molecule has 1 aliphatic rings. The standard InChI is InChI=1S/C14H18N6O2S/c21-13(15-6-8-20-17-10-16-18-20)11-4-1-2-7-19(11)14(22)12-5-3-9-23-12/h3,5,9-11H,1-2,4,6-8H2,(H,15,21). The largest absolute Gasteiger partial charge is 0.352 e. The van der Waals surface area contributed by atoms with Gasteiger partial charge >= 0.3 is 0 Å². The number of aromatic nitrogens is 4. The molecule has 3 heterocycles. The normalized spacial score (nSPS) is 17.9. The number of rotatable bonds is 5. The Labute approximate surface area is 137 Å². The van der Waals surface area contributed by atoms with Gasteiger partial charge in [-0.2, -0.15) is 4.80 Å². The van der Waals surface area contributed by atoms with Crippen molar-refractivity contribution in [3.8, 4) is 0 Å². The lowest BCUT2D eigenvalue weighted by atomic mass is 10.0. The molecule has 1 fully saturated rings. The van der Waals surface area contributed by atoms with Gasteiger partial charge in [0, 0.05) is 13.1 Å². The monoisotopic (exact) mass is 334 g/mol. The van der Waals surface area contributed by atoms with E-state index in [9.17, 15) is 9.59 Å². The summed E-state index contributed by atoms with van der Waals surface area (Å²) >= 11 is 1.40. The SMILES string of the molecule is O=C(NCCn1ncnn1)C1CCCCN1C(=O)c1cccs1. The van der Waals surface area contributed by atoms with E-state index in [1.807, 2.05) is 11.4 Å². The van der Waals surface area contributed by atoms with Gasteiger partial charge in [0.2, 0.25) is 5.91 Å². The smallest absolute Gasteiger partial charge is 0.264 e. The van der Waals surface area contributed by atoms with Gasteiger partial charge < -0.3 is 10.2 Å². The molecule has 1 saturated heterocycles. The summed E-state index contributed by atoms with van der Waals surface area (Å²) in [6.07, 6.45) is 3.94. The number of carbonyl (C=O) groups excluding carboxylic acids is 2. The van der Waals surface area contributed by atoms with Crippen molar-refractivity contribution in [1.82, 2.24) is 30.4 Å². The first-order chi connectivity index (χ1) is 11.3. The first-order valence-electron chi connectivity index (χ1n) is 7.58. The van der Waals surface area contributed by atoms with Crippen molar-refractivity contribution in [1.29, 1.82) is 0 Å². The minimum atomic E-state index is -0.401. The van der Waals surface area contributed by atoms with E-state index in [0.29, 0.717) is 30.9 Å². The van der Waals surface area contributed by atoms with Gasteiger partial charge in [-0.3, -0.25) is 9.59 Å². The van der Waals surface area contributed by atoms with E-state index in [2.05, 4.69) is 20.7 Å². The van der Waals surface area contributed by atoms with Crippen molar-refractivity contribution in [2.75, 3.05) is 13.1 Å². The van der Waals surface area contributed by atoms with Crippen LogP contribution >= 0.6 is 11.3 Å². The minimum absolute atomic E-state index is 0.0576. The fraction of sp³-hybridized carbons (Fsp3) is 0.500. The maximum absolute atomic E-state index is 12.6. The predicted molar refractivity (Wildman–Crippen MR) is 83.8 cm³/mol. The molecule has 1 aliphatic heterocycles. The molecular weight excluding hydrogens is 316 g/mol. The number of piperidine rings is 1. The van der Waals surface area contributed by atoms with Gasteiger partial charge in [-0.15, -0.1) is 21.5 Å². The topological polar surface area (TPSA) is 93.0 Å². The van der Waals surface area contributed by atoms with Crippen LogP contribution in [0.5, 0.6) is 0 Å². The van der Waals surface area contributed by atoms with Crippen molar-refractivity contribution in [2.45, 2.75) is 31.8 Å². The van der Waals surface area contributed by atoms with Crippen molar-refractivity contribution in [2.24, 2.45) is 0 Å². The zero-order valence-corrected chi connectivity index (χ0v) is 13.4.